The summed E-state index contributed by atoms with van der Waals surface area (Å²) >= 11 is 5.73. The summed E-state index contributed by atoms with van der Waals surface area (Å²) < 4.78 is 40.2. The van der Waals surface area contributed by atoms with Crippen molar-refractivity contribution in [2.24, 2.45) is 0 Å². The van der Waals surface area contributed by atoms with Gasteiger partial charge >= 0.3 is 0 Å². The smallest absolute Gasteiger partial charge is 0.241 e. The number of benzene rings is 2. The van der Waals surface area contributed by atoms with Gasteiger partial charge in [0.15, 0.2) is 0 Å². The molecule has 0 saturated carbocycles. The van der Waals surface area contributed by atoms with Crippen LogP contribution in [0.25, 0.3) is 0 Å². The Bertz CT molecular complexity index is 810. The van der Waals surface area contributed by atoms with Crippen molar-refractivity contribution >= 4 is 27.5 Å². The molecule has 0 saturated heterocycles. The summed E-state index contributed by atoms with van der Waals surface area (Å²) in [5, 5.41) is 10.8. The molecule has 128 valence electrons. The Morgan fingerprint density at radius 3 is 2.25 bits per heavy atom. The second-order valence-electron chi connectivity index (χ2n) is 4.91. The van der Waals surface area contributed by atoms with E-state index in [4.69, 9.17) is 11.6 Å². The van der Waals surface area contributed by atoms with Gasteiger partial charge in [-0.25, -0.2) is 17.5 Å². The number of rotatable bonds is 6. The minimum absolute atomic E-state index is 0.0541. The van der Waals surface area contributed by atoms with E-state index in [1.165, 1.54) is 41.9 Å². The van der Waals surface area contributed by atoms with Gasteiger partial charge in [0.2, 0.25) is 15.9 Å². The number of amides is 1. The molecule has 9 heteroatoms. The summed E-state index contributed by atoms with van der Waals surface area (Å²) in [5.74, 6) is -1.41. The highest BCUT2D eigenvalue weighted by Crippen LogP contribution is 2.22. The number of carbonyl (C=O) groups is 1. The van der Waals surface area contributed by atoms with E-state index >= 15 is 0 Å². The highest BCUT2D eigenvalue weighted by Gasteiger charge is 2.23. The number of hydroxylamine groups is 1. The molecule has 0 aromatic heterocycles. The maximum atomic E-state index is 13.0. The number of hydrogen-bond acceptors (Lipinski definition) is 4. The van der Waals surface area contributed by atoms with Crippen LogP contribution in [0.15, 0.2) is 53.4 Å². The molecule has 0 aliphatic rings. The summed E-state index contributed by atoms with van der Waals surface area (Å²) in [5.41, 5.74) is 1.54. The highest BCUT2D eigenvalue weighted by molar-refractivity contribution is 7.89. The first-order chi connectivity index (χ1) is 11.3. The van der Waals surface area contributed by atoms with Crippen LogP contribution >= 0.6 is 11.6 Å². The Kier molecular flexibility index (Phi) is 5.89. The molecular formula is C15H13ClFN2O4S-. The molecule has 24 heavy (non-hydrogen) atoms. The maximum absolute atomic E-state index is 13.0. The van der Waals surface area contributed by atoms with Gasteiger partial charge in [-0.15, -0.1) is 0 Å². The lowest BCUT2D eigenvalue weighted by Crippen LogP contribution is -2.32. The molecule has 2 N–H and O–H groups in total. The van der Waals surface area contributed by atoms with Crippen molar-refractivity contribution in [3.63, 3.8) is 0 Å². The minimum Gasteiger partial charge on any atom is -0.759 e. The molecule has 1 unspecified atom stereocenters. The average Bonchev–Trinajstić information content (AvgIpc) is 2.55. The Morgan fingerprint density at radius 1 is 1.12 bits per heavy atom. The molecule has 2 rings (SSSR count). The molecule has 2 aromatic carbocycles. The third-order valence-corrected chi connectivity index (χ3v) is 4.94. The van der Waals surface area contributed by atoms with Crippen LogP contribution in [0.1, 0.15) is 18.0 Å². The number of halogens is 2. The normalized spacial score (nSPS) is 12.6. The van der Waals surface area contributed by atoms with Gasteiger partial charge in [0.25, 0.3) is 0 Å². The van der Waals surface area contributed by atoms with E-state index in [2.05, 4.69) is 4.72 Å². The molecule has 0 aliphatic heterocycles. The SMILES string of the molecule is O=C(CC(NS(=O)(=O)c1ccc(Cl)cc1)c1ccc(F)cc1)N[O-]. The first-order valence-corrected chi connectivity index (χ1v) is 8.62. The summed E-state index contributed by atoms with van der Waals surface area (Å²) in [7, 11) is -3.97. The van der Waals surface area contributed by atoms with Crippen molar-refractivity contribution in [1.82, 2.24) is 10.2 Å². The van der Waals surface area contributed by atoms with Gasteiger partial charge in [0, 0.05) is 11.4 Å². The standard InChI is InChI=1S/C15H13ClFN2O4S/c16-11-3-7-13(8-4-11)24(22,23)19-14(9-15(20)18-21)10-1-5-12(17)6-2-10/h1-8,14,19H,9H2,(H-,18,20,21)/q-1. The van der Waals surface area contributed by atoms with Crippen LogP contribution in [0, 0.1) is 11.0 Å². The highest BCUT2D eigenvalue weighted by atomic mass is 35.5. The van der Waals surface area contributed by atoms with Crippen LogP contribution in [0.3, 0.4) is 0 Å². The molecule has 1 amide bonds. The predicted octanol–water partition coefficient (Wildman–Crippen LogP) is 2.50. The van der Waals surface area contributed by atoms with Crippen LogP contribution < -0.4 is 10.2 Å². The van der Waals surface area contributed by atoms with E-state index < -0.39 is 34.2 Å². The zero-order valence-electron chi connectivity index (χ0n) is 12.2. The van der Waals surface area contributed by atoms with Crippen molar-refractivity contribution in [1.29, 1.82) is 0 Å². The quantitative estimate of drug-likeness (QED) is 0.762. The maximum Gasteiger partial charge on any atom is 0.241 e. The molecule has 0 fully saturated rings. The molecule has 0 spiro atoms. The monoisotopic (exact) mass is 371 g/mol. The molecule has 2 aromatic rings. The van der Waals surface area contributed by atoms with E-state index in [0.29, 0.717) is 10.6 Å². The van der Waals surface area contributed by atoms with Crippen LogP contribution in [0.5, 0.6) is 0 Å². The second kappa shape index (κ2) is 7.71. The van der Waals surface area contributed by atoms with E-state index in [9.17, 15) is 22.8 Å². The van der Waals surface area contributed by atoms with Crippen molar-refractivity contribution < 1.29 is 17.6 Å². The summed E-state index contributed by atoms with van der Waals surface area (Å²) in [4.78, 5) is 11.3. The second-order valence-corrected chi connectivity index (χ2v) is 7.06. The Hall–Kier alpha value is -2.00. The lowest BCUT2D eigenvalue weighted by Gasteiger charge is -2.20. The van der Waals surface area contributed by atoms with Crippen LogP contribution in [-0.2, 0) is 14.8 Å². The summed E-state index contributed by atoms with van der Waals surface area (Å²) in [6.07, 6.45) is -0.429. The van der Waals surface area contributed by atoms with Gasteiger partial charge in [-0.1, -0.05) is 23.7 Å². The fourth-order valence-electron chi connectivity index (χ4n) is 2.02. The number of carbonyl (C=O) groups excluding carboxylic acids is 1. The lowest BCUT2D eigenvalue weighted by molar-refractivity contribution is -0.120. The van der Waals surface area contributed by atoms with Crippen molar-refractivity contribution in [2.45, 2.75) is 17.4 Å². The van der Waals surface area contributed by atoms with Gasteiger partial charge in [-0.3, -0.25) is 4.79 Å². The topological polar surface area (TPSA) is 98.3 Å². The van der Waals surface area contributed by atoms with Gasteiger partial charge in [-0.2, -0.15) is 0 Å². The molecule has 0 aliphatic carbocycles. The first-order valence-electron chi connectivity index (χ1n) is 6.76. The first kappa shape index (κ1) is 18.3. The van der Waals surface area contributed by atoms with Gasteiger partial charge in [0.1, 0.15) is 5.82 Å². The number of nitrogens with one attached hydrogen (secondary N) is 2. The fourth-order valence-corrected chi connectivity index (χ4v) is 3.37. The van der Waals surface area contributed by atoms with Crippen molar-refractivity contribution in [3.05, 3.63) is 70.1 Å². The van der Waals surface area contributed by atoms with E-state index in [-0.39, 0.29) is 4.90 Å². The largest absolute Gasteiger partial charge is 0.759 e. The van der Waals surface area contributed by atoms with Crippen LogP contribution in [0.4, 0.5) is 4.39 Å². The van der Waals surface area contributed by atoms with Crippen LogP contribution in [-0.4, -0.2) is 14.3 Å². The lowest BCUT2D eigenvalue weighted by atomic mass is 10.0. The van der Waals surface area contributed by atoms with Gasteiger partial charge in [0.05, 0.1) is 10.9 Å². The zero-order valence-corrected chi connectivity index (χ0v) is 13.8. The fraction of sp³-hybridized carbons (Fsp3) is 0.133. The third kappa shape index (κ3) is 4.75. The van der Waals surface area contributed by atoms with Crippen molar-refractivity contribution in [3.8, 4) is 0 Å². The molecule has 0 heterocycles. The molecule has 0 bridgehead atoms. The Balaban J connectivity index is 2.31. The Morgan fingerprint density at radius 2 is 1.71 bits per heavy atom. The molecule has 0 radical (unpaired) electrons. The van der Waals surface area contributed by atoms with Gasteiger partial charge in [-0.05, 0) is 42.0 Å². The number of hydrogen-bond donors (Lipinski definition) is 2. The Labute approximate surface area is 143 Å². The zero-order chi connectivity index (χ0) is 17.7. The van der Waals surface area contributed by atoms with Crippen molar-refractivity contribution in [2.75, 3.05) is 0 Å². The molecular weight excluding hydrogens is 359 g/mol. The van der Waals surface area contributed by atoms with E-state index in [0.717, 1.165) is 12.1 Å². The minimum atomic E-state index is -3.97. The molecule has 1 atom stereocenters. The van der Waals surface area contributed by atoms with Crippen LogP contribution in [0.2, 0.25) is 5.02 Å². The summed E-state index contributed by atoms with van der Waals surface area (Å²) in [6, 6.07) is 9.34. The average molecular weight is 372 g/mol. The van der Waals surface area contributed by atoms with Gasteiger partial charge < -0.3 is 10.7 Å². The number of sulfonamides is 1. The van der Waals surface area contributed by atoms with E-state index in [1.54, 1.807) is 0 Å². The summed E-state index contributed by atoms with van der Waals surface area (Å²) in [6.45, 7) is 0. The molecule has 6 nitrogen and oxygen atoms in total. The predicted molar refractivity (Wildman–Crippen MR) is 87.0 cm³/mol. The third-order valence-electron chi connectivity index (χ3n) is 3.20. The van der Waals surface area contributed by atoms with E-state index in [1.807, 2.05) is 0 Å².